The molecule has 0 atom stereocenters. The second-order valence-electron chi connectivity index (χ2n) is 5.66. The number of likely N-dealkylation sites (N-methyl/N-ethyl adjacent to an activating group) is 1. The quantitative estimate of drug-likeness (QED) is 0.688. The van der Waals surface area contributed by atoms with Gasteiger partial charge in [0.2, 0.25) is 0 Å². The number of hydrogen-bond acceptors (Lipinski definition) is 5. The van der Waals surface area contributed by atoms with Crippen molar-refractivity contribution in [1.29, 1.82) is 0 Å². The molecule has 0 aromatic heterocycles. The maximum Gasteiger partial charge on any atom is 0.180 e. The lowest BCUT2D eigenvalue weighted by Crippen LogP contribution is -2.47. The molecule has 0 amide bonds. The van der Waals surface area contributed by atoms with Crippen LogP contribution in [0.3, 0.4) is 0 Å². The number of hydrogen-bond donors (Lipinski definition) is 0. The topological polar surface area (TPSA) is 42.0 Å². The number of carbonyl (C=O) groups excluding carboxylic acids is 1. The summed E-state index contributed by atoms with van der Waals surface area (Å²) in [5.41, 5.74) is 0.647. The molecule has 1 aliphatic heterocycles. The Labute approximate surface area is 139 Å². The van der Waals surface area contributed by atoms with Gasteiger partial charge in [0.15, 0.2) is 5.78 Å². The minimum Gasteiger partial charge on any atom is -0.494 e. The van der Waals surface area contributed by atoms with Crippen molar-refractivity contribution < 1.29 is 14.3 Å². The predicted octanol–water partition coefficient (Wildman–Crippen LogP) is 2.30. The normalized spacial score (nSPS) is 16.3. The summed E-state index contributed by atoms with van der Waals surface area (Å²) in [7, 11) is 0. The van der Waals surface area contributed by atoms with Gasteiger partial charge in [-0.15, -0.1) is 0 Å². The van der Waals surface area contributed by atoms with E-state index in [2.05, 4.69) is 16.7 Å². The average Bonchev–Trinajstić information content (AvgIpc) is 2.56. The number of piperazine rings is 1. The first kappa shape index (κ1) is 17.8. The number of carbonyl (C=O) groups is 1. The summed E-state index contributed by atoms with van der Waals surface area (Å²) in [6.07, 6.45) is 0. The molecule has 0 unspecified atom stereocenters. The van der Waals surface area contributed by atoms with E-state index in [0.29, 0.717) is 31.1 Å². The zero-order valence-corrected chi connectivity index (χ0v) is 14.5. The summed E-state index contributed by atoms with van der Waals surface area (Å²) >= 11 is 0. The van der Waals surface area contributed by atoms with E-state index in [-0.39, 0.29) is 5.78 Å². The lowest BCUT2D eigenvalue weighted by Gasteiger charge is -2.33. The summed E-state index contributed by atoms with van der Waals surface area (Å²) in [6, 6.07) is 5.48. The van der Waals surface area contributed by atoms with Gasteiger partial charge in [-0.25, -0.2) is 0 Å². The van der Waals surface area contributed by atoms with Gasteiger partial charge < -0.3 is 14.4 Å². The summed E-state index contributed by atoms with van der Waals surface area (Å²) in [5.74, 6) is 1.47. The summed E-state index contributed by atoms with van der Waals surface area (Å²) in [5, 5.41) is 0. The van der Waals surface area contributed by atoms with Crippen molar-refractivity contribution in [1.82, 2.24) is 9.80 Å². The molecule has 0 saturated carbocycles. The third kappa shape index (κ3) is 4.94. The molecule has 0 spiro atoms. The summed E-state index contributed by atoms with van der Waals surface area (Å²) in [6.45, 7) is 12.7. The molecule has 0 aliphatic carbocycles. The maximum atomic E-state index is 12.7. The fraction of sp³-hybridized carbons (Fsp3) is 0.611. The molecular formula is C18H28N2O3. The van der Waals surface area contributed by atoms with Crippen molar-refractivity contribution in [3.8, 4) is 11.5 Å². The standard InChI is InChI=1S/C18H28N2O3/c1-4-19-9-11-20(12-10-19)14-17(21)16-8-7-15(22-5-2)13-18(16)23-6-3/h7-8,13H,4-6,9-12,14H2,1-3H3. The lowest BCUT2D eigenvalue weighted by atomic mass is 10.1. The van der Waals surface area contributed by atoms with E-state index in [1.165, 1.54) is 0 Å². The molecular weight excluding hydrogens is 292 g/mol. The van der Waals surface area contributed by atoms with Gasteiger partial charge >= 0.3 is 0 Å². The molecule has 0 bridgehead atoms. The fourth-order valence-corrected chi connectivity index (χ4v) is 2.82. The Morgan fingerprint density at radius 1 is 1.00 bits per heavy atom. The molecule has 0 N–H and O–H groups in total. The van der Waals surface area contributed by atoms with Crippen LogP contribution in [0.5, 0.6) is 11.5 Å². The van der Waals surface area contributed by atoms with Gasteiger partial charge in [0.25, 0.3) is 0 Å². The Balaban J connectivity index is 2.03. The van der Waals surface area contributed by atoms with E-state index in [0.717, 1.165) is 38.5 Å². The van der Waals surface area contributed by atoms with Gasteiger partial charge in [-0.1, -0.05) is 6.92 Å². The summed E-state index contributed by atoms with van der Waals surface area (Å²) in [4.78, 5) is 17.3. The molecule has 2 rings (SSSR count). The molecule has 1 aliphatic rings. The third-order valence-corrected chi connectivity index (χ3v) is 4.14. The van der Waals surface area contributed by atoms with Crippen LogP contribution in [0.4, 0.5) is 0 Å². The third-order valence-electron chi connectivity index (χ3n) is 4.14. The Morgan fingerprint density at radius 3 is 2.26 bits per heavy atom. The van der Waals surface area contributed by atoms with E-state index in [1.807, 2.05) is 32.0 Å². The molecule has 1 aromatic rings. The first-order chi connectivity index (χ1) is 11.2. The first-order valence-corrected chi connectivity index (χ1v) is 8.55. The minimum atomic E-state index is 0.112. The highest BCUT2D eigenvalue weighted by molar-refractivity contribution is 6.00. The average molecular weight is 320 g/mol. The predicted molar refractivity (Wildman–Crippen MR) is 91.7 cm³/mol. The number of rotatable bonds is 8. The highest BCUT2D eigenvalue weighted by atomic mass is 16.5. The number of benzene rings is 1. The molecule has 23 heavy (non-hydrogen) atoms. The van der Waals surface area contributed by atoms with Crippen LogP contribution in [0.25, 0.3) is 0 Å². The van der Waals surface area contributed by atoms with Crippen molar-refractivity contribution in [2.45, 2.75) is 20.8 Å². The van der Waals surface area contributed by atoms with E-state index in [9.17, 15) is 4.79 Å². The van der Waals surface area contributed by atoms with Gasteiger partial charge in [-0.3, -0.25) is 9.69 Å². The number of Topliss-reactive ketones (excluding diaryl/α,β-unsaturated/α-hetero) is 1. The summed E-state index contributed by atoms with van der Waals surface area (Å²) < 4.78 is 11.1. The largest absolute Gasteiger partial charge is 0.494 e. The van der Waals surface area contributed by atoms with Crippen LogP contribution in [0.1, 0.15) is 31.1 Å². The second-order valence-corrected chi connectivity index (χ2v) is 5.66. The lowest BCUT2D eigenvalue weighted by molar-refractivity contribution is 0.0855. The van der Waals surface area contributed by atoms with Crippen LogP contribution < -0.4 is 9.47 Å². The van der Waals surface area contributed by atoms with Gasteiger partial charge in [-0.05, 0) is 32.5 Å². The van der Waals surface area contributed by atoms with Crippen molar-refractivity contribution in [2.24, 2.45) is 0 Å². The molecule has 5 nitrogen and oxygen atoms in total. The van der Waals surface area contributed by atoms with Crippen molar-refractivity contribution in [3.63, 3.8) is 0 Å². The van der Waals surface area contributed by atoms with E-state index >= 15 is 0 Å². The fourth-order valence-electron chi connectivity index (χ4n) is 2.82. The molecule has 1 aromatic carbocycles. The molecule has 1 heterocycles. The molecule has 5 heteroatoms. The Bertz CT molecular complexity index is 511. The number of ketones is 1. The SMILES string of the molecule is CCOc1ccc(C(=O)CN2CCN(CC)CC2)c(OCC)c1. The van der Waals surface area contributed by atoms with Gasteiger partial charge in [0.05, 0.1) is 25.3 Å². The molecule has 1 fully saturated rings. The zero-order chi connectivity index (χ0) is 16.7. The number of ether oxygens (including phenoxy) is 2. The molecule has 0 radical (unpaired) electrons. The van der Waals surface area contributed by atoms with Crippen molar-refractivity contribution in [2.75, 3.05) is 52.5 Å². The van der Waals surface area contributed by atoms with Crippen LogP contribution in [-0.2, 0) is 0 Å². The van der Waals surface area contributed by atoms with Crippen molar-refractivity contribution in [3.05, 3.63) is 23.8 Å². The second kappa shape index (κ2) is 8.89. The van der Waals surface area contributed by atoms with E-state index in [4.69, 9.17) is 9.47 Å². The van der Waals surface area contributed by atoms with Crippen LogP contribution in [0, 0.1) is 0 Å². The highest BCUT2D eigenvalue weighted by Gasteiger charge is 2.20. The van der Waals surface area contributed by atoms with Gasteiger partial charge in [0, 0.05) is 32.2 Å². The van der Waals surface area contributed by atoms with E-state index < -0.39 is 0 Å². The number of nitrogens with zero attached hydrogens (tertiary/aromatic N) is 2. The monoisotopic (exact) mass is 320 g/mol. The minimum absolute atomic E-state index is 0.112. The maximum absolute atomic E-state index is 12.7. The van der Waals surface area contributed by atoms with E-state index in [1.54, 1.807) is 0 Å². The van der Waals surface area contributed by atoms with Crippen molar-refractivity contribution >= 4 is 5.78 Å². The molecule has 128 valence electrons. The van der Waals surface area contributed by atoms with Gasteiger partial charge in [0.1, 0.15) is 11.5 Å². The smallest absolute Gasteiger partial charge is 0.180 e. The Kier molecular flexibility index (Phi) is 6.86. The molecule has 1 saturated heterocycles. The van der Waals surface area contributed by atoms with Crippen LogP contribution in [0.2, 0.25) is 0 Å². The van der Waals surface area contributed by atoms with Crippen LogP contribution >= 0.6 is 0 Å². The first-order valence-electron chi connectivity index (χ1n) is 8.55. The Morgan fingerprint density at radius 2 is 1.65 bits per heavy atom. The highest BCUT2D eigenvalue weighted by Crippen LogP contribution is 2.26. The Hall–Kier alpha value is -1.59. The van der Waals surface area contributed by atoms with Crippen LogP contribution in [-0.4, -0.2) is 68.1 Å². The zero-order valence-electron chi connectivity index (χ0n) is 14.5. The van der Waals surface area contributed by atoms with Crippen LogP contribution in [0.15, 0.2) is 18.2 Å². The van der Waals surface area contributed by atoms with Gasteiger partial charge in [-0.2, -0.15) is 0 Å².